The number of carbonyl (C=O) groups is 1. The number of rotatable bonds is 4. The highest BCUT2D eigenvalue weighted by Crippen LogP contribution is 2.68. The Hall–Kier alpha value is -0.650. The fourth-order valence-corrected chi connectivity index (χ4v) is 8.68. The number of aliphatic hydroxyl groups is 3. The summed E-state index contributed by atoms with van der Waals surface area (Å²) in [4.78, 5) is 11.1. The van der Waals surface area contributed by atoms with E-state index >= 15 is 0 Å². The molecule has 0 radical (unpaired) electrons. The van der Waals surface area contributed by atoms with E-state index in [4.69, 9.17) is 5.11 Å². The summed E-state index contributed by atoms with van der Waals surface area (Å²) in [5, 5.41) is 42.0. The highest BCUT2D eigenvalue weighted by atomic mass is 16.4. The van der Waals surface area contributed by atoms with Crippen LogP contribution in [0.2, 0.25) is 0 Å². The van der Waals surface area contributed by atoms with Crippen LogP contribution in [0, 0.1) is 46.3 Å². The molecule has 0 aromatic carbocycles. The van der Waals surface area contributed by atoms with E-state index in [1.54, 1.807) is 0 Å². The molecule has 4 N–H and O–H groups in total. The molecule has 29 heavy (non-hydrogen) atoms. The predicted molar refractivity (Wildman–Crippen MR) is 110 cm³/mol. The fraction of sp³-hybridized carbons (Fsp3) is 0.958. The molecule has 0 amide bonds. The normalized spacial score (nSPS) is 52.9. The summed E-state index contributed by atoms with van der Waals surface area (Å²) >= 11 is 0. The van der Waals surface area contributed by atoms with Gasteiger partial charge in [0.05, 0.1) is 18.3 Å². The van der Waals surface area contributed by atoms with Gasteiger partial charge in [-0.3, -0.25) is 4.79 Å². The second kappa shape index (κ2) is 7.49. The number of carboxylic acids is 1. The first-order valence-electron chi connectivity index (χ1n) is 11.8. The van der Waals surface area contributed by atoms with Gasteiger partial charge < -0.3 is 20.4 Å². The highest BCUT2D eigenvalue weighted by Gasteiger charge is 2.65. The lowest BCUT2D eigenvalue weighted by molar-refractivity contribution is -0.207. The summed E-state index contributed by atoms with van der Waals surface area (Å²) in [7, 11) is 0. The molecule has 5 nitrogen and oxygen atoms in total. The standard InChI is InChI=1S/C24H40O5/c1-13(4-7-21(28)29)16-5-6-17-22-18(12-20(27)24(16,17)3)23(2)9-8-15(25)10-14(23)11-19(22)26/h13-20,22,25-27H,4-12H2,1-3H3,(H,28,29)/t13-,14+,15+,16-,17-,18+,19+,20-,22-,23-,24+/m0/s1. The van der Waals surface area contributed by atoms with Gasteiger partial charge in [-0.1, -0.05) is 20.8 Å². The molecule has 4 aliphatic carbocycles. The van der Waals surface area contributed by atoms with Crippen LogP contribution in [0.25, 0.3) is 0 Å². The molecule has 0 saturated heterocycles. The van der Waals surface area contributed by atoms with Crippen molar-refractivity contribution in [2.45, 2.75) is 96.9 Å². The number of hydrogen-bond acceptors (Lipinski definition) is 4. The zero-order valence-electron chi connectivity index (χ0n) is 18.3. The first kappa shape index (κ1) is 21.6. The minimum absolute atomic E-state index is 0.0957. The molecule has 4 saturated carbocycles. The summed E-state index contributed by atoms with van der Waals surface area (Å²) in [6.07, 6.45) is 6.00. The van der Waals surface area contributed by atoms with E-state index in [0.717, 1.165) is 44.9 Å². The zero-order chi connectivity index (χ0) is 21.1. The van der Waals surface area contributed by atoms with Crippen molar-refractivity contribution in [1.82, 2.24) is 0 Å². The van der Waals surface area contributed by atoms with Crippen LogP contribution in [0.5, 0.6) is 0 Å². The molecule has 166 valence electrons. The second-order valence-electron chi connectivity index (χ2n) is 11.4. The van der Waals surface area contributed by atoms with Gasteiger partial charge in [-0.25, -0.2) is 0 Å². The lowest BCUT2D eigenvalue weighted by Crippen LogP contribution is -2.62. The predicted octanol–water partition coefficient (Wildman–Crippen LogP) is 3.45. The highest BCUT2D eigenvalue weighted by molar-refractivity contribution is 5.66. The molecular formula is C24H40O5. The van der Waals surface area contributed by atoms with Crippen LogP contribution in [-0.4, -0.2) is 44.7 Å². The number of fused-ring (bicyclic) bond motifs is 5. The number of carboxylic acid groups (broad SMARTS) is 1. The van der Waals surface area contributed by atoms with Gasteiger partial charge in [0, 0.05) is 6.42 Å². The first-order valence-corrected chi connectivity index (χ1v) is 11.8. The molecule has 0 aromatic heterocycles. The van der Waals surface area contributed by atoms with Gasteiger partial charge in [-0.15, -0.1) is 0 Å². The van der Waals surface area contributed by atoms with E-state index in [1.165, 1.54) is 0 Å². The lowest BCUT2D eigenvalue weighted by atomic mass is 9.43. The summed E-state index contributed by atoms with van der Waals surface area (Å²) in [5.41, 5.74) is -0.143. The molecule has 4 fully saturated rings. The number of hydrogen-bond donors (Lipinski definition) is 4. The monoisotopic (exact) mass is 408 g/mol. The molecule has 11 atom stereocenters. The third kappa shape index (κ3) is 3.27. The van der Waals surface area contributed by atoms with Crippen molar-refractivity contribution >= 4 is 5.97 Å². The molecule has 5 heteroatoms. The van der Waals surface area contributed by atoms with Crippen LogP contribution in [-0.2, 0) is 4.79 Å². The zero-order valence-corrected chi connectivity index (χ0v) is 18.3. The van der Waals surface area contributed by atoms with Crippen LogP contribution in [0.4, 0.5) is 0 Å². The molecule has 0 aliphatic heterocycles. The van der Waals surface area contributed by atoms with Crippen molar-refractivity contribution in [2.24, 2.45) is 46.3 Å². The number of aliphatic carboxylic acids is 1. The van der Waals surface area contributed by atoms with Gasteiger partial charge in [0.25, 0.3) is 0 Å². The molecule has 4 aliphatic rings. The fourth-order valence-electron chi connectivity index (χ4n) is 8.68. The Morgan fingerprint density at radius 2 is 1.76 bits per heavy atom. The minimum atomic E-state index is -0.748. The molecule has 0 bridgehead atoms. The number of aliphatic hydroxyl groups excluding tert-OH is 3. The van der Waals surface area contributed by atoms with Crippen molar-refractivity contribution in [3.8, 4) is 0 Å². The average molecular weight is 409 g/mol. The maximum atomic E-state index is 11.5. The van der Waals surface area contributed by atoms with E-state index < -0.39 is 12.1 Å². The van der Waals surface area contributed by atoms with Crippen molar-refractivity contribution < 1.29 is 25.2 Å². The average Bonchev–Trinajstić information content (AvgIpc) is 3.01. The van der Waals surface area contributed by atoms with Gasteiger partial charge in [0.1, 0.15) is 0 Å². The van der Waals surface area contributed by atoms with Crippen LogP contribution >= 0.6 is 0 Å². The van der Waals surface area contributed by atoms with E-state index in [0.29, 0.717) is 30.1 Å². The Labute approximate surface area is 174 Å². The Bertz CT molecular complexity index is 637. The quantitative estimate of drug-likeness (QED) is 0.571. The van der Waals surface area contributed by atoms with Crippen LogP contribution in [0.1, 0.15) is 78.6 Å². The molecule has 4 rings (SSSR count). The molecule has 0 unspecified atom stereocenters. The maximum absolute atomic E-state index is 11.5. The van der Waals surface area contributed by atoms with Gasteiger partial charge in [0.15, 0.2) is 0 Å². The lowest BCUT2D eigenvalue weighted by Gasteiger charge is -2.63. The molecule has 0 aromatic rings. The van der Waals surface area contributed by atoms with Crippen LogP contribution in [0.15, 0.2) is 0 Å². The van der Waals surface area contributed by atoms with Crippen molar-refractivity contribution in [1.29, 1.82) is 0 Å². The third-order valence-electron chi connectivity index (χ3n) is 10.3. The summed E-state index contributed by atoms with van der Waals surface area (Å²) < 4.78 is 0. The van der Waals surface area contributed by atoms with E-state index in [1.807, 2.05) is 0 Å². The molecular weight excluding hydrogens is 368 g/mol. The Morgan fingerprint density at radius 1 is 1.03 bits per heavy atom. The summed E-state index contributed by atoms with van der Waals surface area (Å²) in [6, 6.07) is 0. The van der Waals surface area contributed by atoms with Crippen molar-refractivity contribution in [3.63, 3.8) is 0 Å². The van der Waals surface area contributed by atoms with Gasteiger partial charge in [-0.05, 0) is 97.7 Å². The Kier molecular flexibility index (Phi) is 5.57. The summed E-state index contributed by atoms with van der Waals surface area (Å²) in [6.45, 7) is 6.72. The first-order chi connectivity index (χ1) is 13.6. The Balaban J connectivity index is 1.61. The van der Waals surface area contributed by atoms with Crippen LogP contribution < -0.4 is 0 Å². The largest absolute Gasteiger partial charge is 0.481 e. The van der Waals surface area contributed by atoms with Gasteiger partial charge in [-0.2, -0.15) is 0 Å². The third-order valence-corrected chi connectivity index (χ3v) is 10.3. The summed E-state index contributed by atoms with van der Waals surface area (Å²) in [5.74, 6) is 0.997. The molecule has 0 heterocycles. The van der Waals surface area contributed by atoms with E-state index in [-0.39, 0.29) is 41.3 Å². The van der Waals surface area contributed by atoms with Crippen LogP contribution in [0.3, 0.4) is 0 Å². The topological polar surface area (TPSA) is 98.0 Å². The van der Waals surface area contributed by atoms with E-state index in [2.05, 4.69) is 20.8 Å². The SMILES string of the molecule is C[C@@H](CCC(=O)O)[C@@H]1CC[C@H]2[C@@H]3[C@H](O)C[C@H]4C[C@H](O)CC[C@]4(C)[C@@H]3C[C@H](O)[C@@]21C. The smallest absolute Gasteiger partial charge is 0.303 e. The van der Waals surface area contributed by atoms with Crippen molar-refractivity contribution in [3.05, 3.63) is 0 Å². The van der Waals surface area contributed by atoms with Gasteiger partial charge >= 0.3 is 5.97 Å². The van der Waals surface area contributed by atoms with Gasteiger partial charge in [0.2, 0.25) is 0 Å². The maximum Gasteiger partial charge on any atom is 0.303 e. The second-order valence-corrected chi connectivity index (χ2v) is 11.4. The molecule has 0 spiro atoms. The minimum Gasteiger partial charge on any atom is -0.481 e. The van der Waals surface area contributed by atoms with E-state index in [9.17, 15) is 20.1 Å². The Morgan fingerprint density at radius 3 is 2.45 bits per heavy atom. The van der Waals surface area contributed by atoms with Crippen molar-refractivity contribution in [2.75, 3.05) is 0 Å².